The van der Waals surface area contributed by atoms with E-state index in [1.807, 2.05) is 0 Å². The molecule has 0 unspecified atom stereocenters. The first-order valence-corrected chi connectivity index (χ1v) is 8.01. The van der Waals surface area contributed by atoms with Crippen molar-refractivity contribution >= 4 is 10.8 Å². The second-order valence-electron chi connectivity index (χ2n) is 7.42. The summed E-state index contributed by atoms with van der Waals surface area (Å²) in [6.07, 6.45) is 5.54. The molecule has 1 aliphatic carbocycles. The smallest absolute Gasteiger partial charge is 0.0129 e. The normalized spacial score (nSPS) is 17.0. The summed E-state index contributed by atoms with van der Waals surface area (Å²) in [6, 6.07) is 11.5. The highest BCUT2D eigenvalue weighted by Crippen LogP contribution is 2.41. The van der Waals surface area contributed by atoms with Crippen molar-refractivity contribution in [3.63, 3.8) is 0 Å². The van der Waals surface area contributed by atoms with Crippen LogP contribution in [0.3, 0.4) is 0 Å². The molecule has 2 aromatic carbocycles. The van der Waals surface area contributed by atoms with E-state index in [0.717, 1.165) is 5.92 Å². The van der Waals surface area contributed by atoms with Gasteiger partial charge in [-0.2, -0.15) is 0 Å². The van der Waals surface area contributed by atoms with Crippen LogP contribution in [0.5, 0.6) is 0 Å². The molecule has 0 spiro atoms. The van der Waals surface area contributed by atoms with Gasteiger partial charge in [-0.3, -0.25) is 0 Å². The van der Waals surface area contributed by atoms with Crippen LogP contribution in [-0.4, -0.2) is 0 Å². The first kappa shape index (κ1) is 13.7. The quantitative estimate of drug-likeness (QED) is 0.584. The van der Waals surface area contributed by atoms with E-state index in [4.69, 9.17) is 0 Å². The van der Waals surface area contributed by atoms with Gasteiger partial charge in [0.1, 0.15) is 0 Å². The lowest BCUT2D eigenvalue weighted by Gasteiger charge is -2.26. The third-order valence-electron chi connectivity index (χ3n) is 4.95. The Kier molecular flexibility index (Phi) is 3.36. The Bertz CT molecular complexity index is 622. The third kappa shape index (κ3) is 2.26. The zero-order valence-corrected chi connectivity index (χ0v) is 13.3. The molecule has 2 aromatic rings. The highest BCUT2D eigenvalue weighted by Gasteiger charge is 2.24. The van der Waals surface area contributed by atoms with Crippen LogP contribution in [0.1, 0.15) is 69.1 Å². The van der Waals surface area contributed by atoms with E-state index in [0.29, 0.717) is 0 Å². The minimum Gasteiger partial charge on any atom is -0.0616 e. The largest absolute Gasteiger partial charge is 0.0616 e. The standard InChI is InChI=1S/C20H26/c1-14-16-11-7-8-12-17(16)18(15-9-5-6-10-15)13-19(14)20(2,3)4/h7-8,11-13,15H,5-6,9-10H2,1-4H3. The Hall–Kier alpha value is -1.30. The molecule has 3 rings (SSSR count). The van der Waals surface area contributed by atoms with Gasteiger partial charge >= 0.3 is 0 Å². The molecular weight excluding hydrogens is 240 g/mol. The number of hydrogen-bond acceptors (Lipinski definition) is 0. The molecule has 0 amide bonds. The number of hydrogen-bond donors (Lipinski definition) is 0. The van der Waals surface area contributed by atoms with E-state index in [1.165, 1.54) is 47.6 Å². The molecule has 0 radical (unpaired) electrons. The van der Waals surface area contributed by atoms with Gasteiger partial charge in [0.05, 0.1) is 0 Å². The van der Waals surface area contributed by atoms with Crippen LogP contribution in [0.15, 0.2) is 30.3 Å². The maximum atomic E-state index is 2.52. The van der Waals surface area contributed by atoms with E-state index in [1.54, 1.807) is 5.56 Å². The summed E-state index contributed by atoms with van der Waals surface area (Å²) in [5, 5.41) is 2.95. The van der Waals surface area contributed by atoms with Gasteiger partial charge in [-0.05, 0) is 58.6 Å². The average Bonchev–Trinajstić information content (AvgIpc) is 2.92. The van der Waals surface area contributed by atoms with Gasteiger partial charge in [-0.1, -0.05) is 63.9 Å². The summed E-state index contributed by atoms with van der Waals surface area (Å²) in [7, 11) is 0. The van der Waals surface area contributed by atoms with Gasteiger partial charge < -0.3 is 0 Å². The van der Waals surface area contributed by atoms with Gasteiger partial charge in [-0.25, -0.2) is 0 Å². The first-order chi connectivity index (χ1) is 9.48. The molecule has 0 aromatic heterocycles. The molecule has 0 saturated heterocycles. The molecule has 106 valence electrons. The first-order valence-electron chi connectivity index (χ1n) is 8.01. The van der Waals surface area contributed by atoms with Crippen LogP contribution in [0.4, 0.5) is 0 Å². The lowest BCUT2D eigenvalue weighted by molar-refractivity contribution is 0.584. The van der Waals surface area contributed by atoms with E-state index in [-0.39, 0.29) is 5.41 Å². The fourth-order valence-corrected chi connectivity index (χ4v) is 3.90. The van der Waals surface area contributed by atoms with Crippen molar-refractivity contribution in [3.8, 4) is 0 Å². The van der Waals surface area contributed by atoms with Gasteiger partial charge in [0.15, 0.2) is 0 Å². The Balaban J connectivity index is 2.29. The van der Waals surface area contributed by atoms with Crippen molar-refractivity contribution in [2.75, 3.05) is 0 Å². The van der Waals surface area contributed by atoms with Gasteiger partial charge in [0.25, 0.3) is 0 Å². The Labute approximate surface area is 123 Å². The highest BCUT2D eigenvalue weighted by atomic mass is 14.3. The van der Waals surface area contributed by atoms with Gasteiger partial charge in [0, 0.05) is 0 Å². The summed E-state index contributed by atoms with van der Waals surface area (Å²) in [5.41, 5.74) is 4.82. The summed E-state index contributed by atoms with van der Waals surface area (Å²) in [6.45, 7) is 9.30. The van der Waals surface area contributed by atoms with Crippen molar-refractivity contribution in [1.82, 2.24) is 0 Å². The lowest BCUT2D eigenvalue weighted by Crippen LogP contribution is -2.14. The molecule has 0 atom stereocenters. The summed E-state index contributed by atoms with van der Waals surface area (Å²) < 4.78 is 0. The van der Waals surface area contributed by atoms with Crippen LogP contribution in [0.2, 0.25) is 0 Å². The second-order valence-corrected chi connectivity index (χ2v) is 7.42. The van der Waals surface area contributed by atoms with Crippen molar-refractivity contribution in [1.29, 1.82) is 0 Å². The fourth-order valence-electron chi connectivity index (χ4n) is 3.90. The van der Waals surface area contributed by atoms with E-state index in [9.17, 15) is 0 Å². The minimum atomic E-state index is 0.224. The monoisotopic (exact) mass is 266 g/mol. The van der Waals surface area contributed by atoms with Crippen molar-refractivity contribution in [3.05, 3.63) is 47.0 Å². The number of rotatable bonds is 1. The highest BCUT2D eigenvalue weighted by molar-refractivity contribution is 5.90. The Morgan fingerprint density at radius 1 is 0.950 bits per heavy atom. The van der Waals surface area contributed by atoms with Crippen LogP contribution >= 0.6 is 0 Å². The van der Waals surface area contributed by atoms with Crippen molar-refractivity contribution in [2.24, 2.45) is 0 Å². The Morgan fingerprint density at radius 2 is 1.55 bits per heavy atom. The van der Waals surface area contributed by atoms with Gasteiger partial charge in [0.2, 0.25) is 0 Å². The van der Waals surface area contributed by atoms with Crippen molar-refractivity contribution in [2.45, 2.75) is 64.7 Å². The molecule has 1 fully saturated rings. The molecule has 20 heavy (non-hydrogen) atoms. The second kappa shape index (κ2) is 4.91. The molecule has 0 heterocycles. The van der Waals surface area contributed by atoms with Crippen molar-refractivity contribution < 1.29 is 0 Å². The fraction of sp³-hybridized carbons (Fsp3) is 0.500. The van der Waals surface area contributed by atoms with Crippen LogP contribution < -0.4 is 0 Å². The zero-order valence-electron chi connectivity index (χ0n) is 13.3. The van der Waals surface area contributed by atoms with Crippen LogP contribution in [-0.2, 0) is 5.41 Å². The van der Waals surface area contributed by atoms with Crippen LogP contribution in [0, 0.1) is 6.92 Å². The Morgan fingerprint density at radius 3 is 2.15 bits per heavy atom. The lowest BCUT2D eigenvalue weighted by atomic mass is 9.78. The molecule has 1 aliphatic rings. The summed E-state index contributed by atoms with van der Waals surface area (Å²) in [5.74, 6) is 0.779. The summed E-state index contributed by atoms with van der Waals surface area (Å²) in [4.78, 5) is 0. The predicted octanol–water partition coefficient (Wildman–Crippen LogP) is 6.10. The summed E-state index contributed by atoms with van der Waals surface area (Å²) >= 11 is 0. The number of aryl methyl sites for hydroxylation is 1. The van der Waals surface area contributed by atoms with E-state index < -0.39 is 0 Å². The molecule has 0 aliphatic heterocycles. The third-order valence-corrected chi connectivity index (χ3v) is 4.95. The molecule has 0 nitrogen and oxygen atoms in total. The predicted molar refractivity (Wildman–Crippen MR) is 88.6 cm³/mol. The van der Waals surface area contributed by atoms with Gasteiger partial charge in [-0.15, -0.1) is 0 Å². The van der Waals surface area contributed by atoms with Crippen LogP contribution in [0.25, 0.3) is 10.8 Å². The molecule has 0 heteroatoms. The molecule has 0 N–H and O–H groups in total. The van der Waals surface area contributed by atoms with E-state index in [2.05, 4.69) is 58.0 Å². The average molecular weight is 266 g/mol. The topological polar surface area (TPSA) is 0 Å². The molecule has 0 bridgehead atoms. The molecule has 1 saturated carbocycles. The number of benzene rings is 2. The zero-order chi connectivity index (χ0) is 14.3. The van der Waals surface area contributed by atoms with E-state index >= 15 is 0 Å². The SMILES string of the molecule is Cc1c(C(C)(C)C)cc(C2CCCC2)c2ccccc12. The maximum absolute atomic E-state index is 2.52. The minimum absolute atomic E-state index is 0.224. The number of fused-ring (bicyclic) bond motifs is 1. The molecular formula is C20H26. The maximum Gasteiger partial charge on any atom is -0.0129 e.